The average Bonchev–Trinajstić information content (AvgIpc) is 2.76. The highest BCUT2D eigenvalue weighted by atomic mass is 32.2. The maximum atomic E-state index is 12.1. The molecule has 1 aliphatic rings. The molecule has 0 aliphatic heterocycles. The fourth-order valence-corrected chi connectivity index (χ4v) is 5.06. The van der Waals surface area contributed by atoms with Gasteiger partial charge in [-0.2, -0.15) is 0 Å². The maximum Gasteiger partial charge on any atom is 0.191 e. The van der Waals surface area contributed by atoms with Gasteiger partial charge in [-0.25, -0.2) is 0 Å². The van der Waals surface area contributed by atoms with Gasteiger partial charge in [-0.3, -0.25) is 9.20 Å². The Morgan fingerprint density at radius 3 is 2.76 bits per heavy atom. The van der Waals surface area contributed by atoms with Crippen molar-refractivity contribution in [2.45, 2.75) is 70.1 Å². The van der Waals surface area contributed by atoms with Crippen LogP contribution in [0.2, 0.25) is 0 Å². The zero-order valence-electron chi connectivity index (χ0n) is 18.2. The molecule has 0 amide bonds. The molecule has 1 aromatic carbocycles. The van der Waals surface area contributed by atoms with Crippen molar-refractivity contribution >= 4 is 16.8 Å². The predicted molar refractivity (Wildman–Crippen MR) is 124 cm³/mol. The van der Waals surface area contributed by atoms with E-state index in [4.69, 9.17) is 9.73 Å². The molecule has 0 radical (unpaired) electrons. The molecule has 164 valence electrons. The standard InChI is InChI=1S/C23H39N3O2S/c1-3-24-23(26-21-13-10-14-22(19-21)29(27)4-2)25-16-8-9-17-28-18-15-20-11-6-5-7-12-20/h5-7,11-12,21-22H,3-4,8-10,13-19H2,1-2H3,(H2,24,25,26). The lowest BCUT2D eigenvalue weighted by molar-refractivity contribution is 0.134. The van der Waals surface area contributed by atoms with Crippen molar-refractivity contribution in [2.75, 3.05) is 32.1 Å². The third-order valence-electron chi connectivity index (χ3n) is 5.31. The number of guanidine groups is 1. The summed E-state index contributed by atoms with van der Waals surface area (Å²) in [6.07, 6.45) is 7.38. The largest absolute Gasteiger partial charge is 0.381 e. The van der Waals surface area contributed by atoms with E-state index in [0.29, 0.717) is 11.3 Å². The Kier molecular flexibility index (Phi) is 12.0. The van der Waals surface area contributed by atoms with Gasteiger partial charge in [0.05, 0.1) is 6.61 Å². The van der Waals surface area contributed by atoms with E-state index in [9.17, 15) is 4.21 Å². The van der Waals surface area contributed by atoms with Crippen LogP contribution < -0.4 is 10.6 Å². The first-order valence-electron chi connectivity index (χ1n) is 11.3. The Bertz CT molecular complexity index is 609. The maximum absolute atomic E-state index is 12.1. The second-order valence-electron chi connectivity index (χ2n) is 7.62. The highest BCUT2D eigenvalue weighted by Gasteiger charge is 2.25. The molecule has 1 fully saturated rings. The van der Waals surface area contributed by atoms with Crippen LogP contribution in [0, 0.1) is 0 Å². The topological polar surface area (TPSA) is 62.7 Å². The number of aliphatic imine (C=N–C) groups is 1. The summed E-state index contributed by atoms with van der Waals surface area (Å²) in [6.45, 7) is 7.33. The summed E-state index contributed by atoms with van der Waals surface area (Å²) >= 11 is 0. The number of unbranched alkanes of at least 4 members (excludes halogenated alkanes) is 1. The predicted octanol–water partition coefficient (Wildman–Crippen LogP) is 3.66. The monoisotopic (exact) mass is 421 g/mol. The van der Waals surface area contributed by atoms with Gasteiger partial charge in [0.15, 0.2) is 5.96 Å². The molecule has 2 N–H and O–H groups in total. The van der Waals surface area contributed by atoms with Crippen molar-refractivity contribution in [3.8, 4) is 0 Å². The average molecular weight is 422 g/mol. The number of hydrogen-bond donors (Lipinski definition) is 2. The van der Waals surface area contributed by atoms with Gasteiger partial charge in [-0.05, 0) is 51.0 Å². The van der Waals surface area contributed by atoms with Gasteiger partial charge >= 0.3 is 0 Å². The molecule has 0 aromatic heterocycles. The molecule has 2 rings (SSSR count). The lowest BCUT2D eigenvalue weighted by atomic mass is 9.95. The van der Waals surface area contributed by atoms with Crippen molar-refractivity contribution in [3.05, 3.63) is 35.9 Å². The number of ether oxygens (including phenoxy) is 1. The van der Waals surface area contributed by atoms with E-state index in [0.717, 1.165) is 83.0 Å². The van der Waals surface area contributed by atoms with Crippen molar-refractivity contribution in [2.24, 2.45) is 4.99 Å². The Morgan fingerprint density at radius 1 is 1.17 bits per heavy atom. The molecule has 6 heteroatoms. The Labute approximate surface area is 179 Å². The van der Waals surface area contributed by atoms with Crippen LogP contribution in [0.1, 0.15) is 57.9 Å². The second-order valence-corrected chi connectivity index (χ2v) is 9.62. The smallest absolute Gasteiger partial charge is 0.191 e. The van der Waals surface area contributed by atoms with Gasteiger partial charge in [0, 0.05) is 47.5 Å². The summed E-state index contributed by atoms with van der Waals surface area (Å²) in [5.74, 6) is 1.66. The number of nitrogens with one attached hydrogen (secondary N) is 2. The lowest BCUT2D eigenvalue weighted by Crippen LogP contribution is -2.46. The molecule has 29 heavy (non-hydrogen) atoms. The molecule has 1 aromatic rings. The number of benzene rings is 1. The summed E-state index contributed by atoms with van der Waals surface area (Å²) < 4.78 is 17.9. The molecule has 3 unspecified atom stereocenters. The molecule has 1 saturated carbocycles. The normalized spacial score (nSPS) is 21.0. The van der Waals surface area contributed by atoms with Gasteiger partial charge in [0.1, 0.15) is 0 Å². The van der Waals surface area contributed by atoms with E-state index < -0.39 is 10.8 Å². The van der Waals surface area contributed by atoms with Crippen LogP contribution in [-0.2, 0) is 22.0 Å². The first kappa shape index (κ1) is 23.9. The molecule has 5 nitrogen and oxygen atoms in total. The summed E-state index contributed by atoms with van der Waals surface area (Å²) in [6, 6.07) is 10.8. The SMILES string of the molecule is CCNC(=NCCCCOCCc1ccccc1)NC1CCCC(S(=O)CC)C1. The van der Waals surface area contributed by atoms with E-state index in [-0.39, 0.29) is 0 Å². The highest BCUT2D eigenvalue weighted by Crippen LogP contribution is 2.22. The summed E-state index contributed by atoms with van der Waals surface area (Å²) in [5.41, 5.74) is 1.33. The first-order chi connectivity index (χ1) is 14.2. The summed E-state index contributed by atoms with van der Waals surface area (Å²) in [5, 5.41) is 7.25. The zero-order chi connectivity index (χ0) is 20.7. The minimum absolute atomic E-state index is 0.335. The van der Waals surface area contributed by atoms with Crippen LogP contribution in [0.15, 0.2) is 35.3 Å². The second kappa shape index (κ2) is 14.6. The van der Waals surface area contributed by atoms with E-state index in [2.05, 4.69) is 41.8 Å². The van der Waals surface area contributed by atoms with Crippen molar-refractivity contribution in [1.29, 1.82) is 0 Å². The van der Waals surface area contributed by atoms with Crippen LogP contribution in [0.5, 0.6) is 0 Å². The van der Waals surface area contributed by atoms with E-state index in [1.54, 1.807) is 0 Å². The summed E-state index contributed by atoms with van der Waals surface area (Å²) in [7, 11) is -0.690. The van der Waals surface area contributed by atoms with E-state index >= 15 is 0 Å². The number of rotatable bonds is 12. The number of hydrogen-bond acceptors (Lipinski definition) is 3. The van der Waals surface area contributed by atoms with Crippen LogP contribution >= 0.6 is 0 Å². The van der Waals surface area contributed by atoms with Gasteiger partial charge in [0.2, 0.25) is 0 Å². The Hall–Kier alpha value is -1.40. The van der Waals surface area contributed by atoms with Crippen LogP contribution in [-0.4, -0.2) is 53.5 Å². The van der Waals surface area contributed by atoms with Crippen LogP contribution in [0.3, 0.4) is 0 Å². The van der Waals surface area contributed by atoms with Crippen LogP contribution in [0.25, 0.3) is 0 Å². The Morgan fingerprint density at radius 2 is 2.00 bits per heavy atom. The molecule has 1 aliphatic carbocycles. The molecular weight excluding hydrogens is 382 g/mol. The van der Waals surface area contributed by atoms with Gasteiger partial charge < -0.3 is 15.4 Å². The van der Waals surface area contributed by atoms with Gasteiger partial charge in [-0.1, -0.05) is 43.7 Å². The molecule has 3 atom stereocenters. The van der Waals surface area contributed by atoms with Crippen LogP contribution in [0.4, 0.5) is 0 Å². The quantitative estimate of drug-likeness (QED) is 0.307. The molecule has 0 bridgehead atoms. The highest BCUT2D eigenvalue weighted by molar-refractivity contribution is 7.85. The fraction of sp³-hybridized carbons (Fsp3) is 0.696. The Balaban J connectivity index is 1.62. The molecule has 0 saturated heterocycles. The minimum Gasteiger partial charge on any atom is -0.381 e. The lowest BCUT2D eigenvalue weighted by Gasteiger charge is -2.30. The van der Waals surface area contributed by atoms with Gasteiger partial charge in [0.25, 0.3) is 0 Å². The third-order valence-corrected chi connectivity index (χ3v) is 7.05. The fourth-order valence-electron chi connectivity index (χ4n) is 3.71. The minimum atomic E-state index is -0.690. The third kappa shape index (κ3) is 9.77. The molecule has 0 spiro atoms. The van der Waals surface area contributed by atoms with Crippen molar-refractivity contribution in [3.63, 3.8) is 0 Å². The van der Waals surface area contributed by atoms with Gasteiger partial charge in [-0.15, -0.1) is 0 Å². The summed E-state index contributed by atoms with van der Waals surface area (Å²) in [4.78, 5) is 4.73. The van der Waals surface area contributed by atoms with E-state index in [1.807, 2.05) is 13.0 Å². The molecule has 0 heterocycles. The number of nitrogens with zero attached hydrogens (tertiary/aromatic N) is 1. The molecular formula is C23H39N3O2S. The zero-order valence-corrected chi connectivity index (χ0v) is 19.0. The van der Waals surface area contributed by atoms with Crippen molar-refractivity contribution < 1.29 is 8.95 Å². The van der Waals surface area contributed by atoms with E-state index in [1.165, 1.54) is 5.56 Å². The first-order valence-corrected chi connectivity index (χ1v) is 12.6. The van der Waals surface area contributed by atoms with Crippen molar-refractivity contribution in [1.82, 2.24) is 10.6 Å².